The molecule has 0 saturated heterocycles. The third kappa shape index (κ3) is 8.22. The highest BCUT2D eigenvalue weighted by atomic mass is 127. The van der Waals surface area contributed by atoms with E-state index in [0.717, 1.165) is 11.1 Å². The standard InChI is InChI=1S/C18H23FN4O2S.HI/c1-2-21-18(23-13-15-4-3-5-16(19)12-15)22-11-10-14-6-8-17(9-7-14)26(20,24)25;/h3-9,12H,2,10-11,13H2,1H3,(H2,20,24,25)(H2,21,22,23);1H. The van der Waals surface area contributed by atoms with E-state index in [1.807, 2.05) is 13.0 Å². The van der Waals surface area contributed by atoms with E-state index in [-0.39, 0.29) is 34.7 Å². The SMILES string of the molecule is CCNC(=NCc1cccc(F)c1)NCCc1ccc(S(N)(=O)=O)cc1.I. The van der Waals surface area contributed by atoms with Gasteiger partial charge in [0.25, 0.3) is 0 Å². The first kappa shape index (κ1) is 23.3. The smallest absolute Gasteiger partial charge is 0.238 e. The molecule has 2 aromatic carbocycles. The van der Waals surface area contributed by atoms with Gasteiger partial charge in [-0.25, -0.2) is 22.9 Å². The minimum atomic E-state index is -3.67. The van der Waals surface area contributed by atoms with E-state index in [1.54, 1.807) is 18.2 Å². The van der Waals surface area contributed by atoms with E-state index in [9.17, 15) is 12.8 Å². The number of primary sulfonamides is 1. The van der Waals surface area contributed by atoms with Crippen molar-refractivity contribution in [3.63, 3.8) is 0 Å². The molecule has 6 nitrogen and oxygen atoms in total. The molecule has 0 radical (unpaired) electrons. The van der Waals surface area contributed by atoms with Gasteiger partial charge in [-0.3, -0.25) is 0 Å². The molecule has 0 bridgehead atoms. The molecule has 2 aromatic rings. The number of guanidine groups is 1. The highest BCUT2D eigenvalue weighted by Crippen LogP contribution is 2.09. The van der Waals surface area contributed by atoms with Crippen molar-refractivity contribution in [1.29, 1.82) is 0 Å². The van der Waals surface area contributed by atoms with Crippen molar-refractivity contribution in [1.82, 2.24) is 10.6 Å². The quantitative estimate of drug-likeness (QED) is 0.305. The van der Waals surface area contributed by atoms with Gasteiger partial charge in [0.05, 0.1) is 11.4 Å². The maximum absolute atomic E-state index is 13.2. The summed E-state index contributed by atoms with van der Waals surface area (Å²) >= 11 is 0. The largest absolute Gasteiger partial charge is 0.357 e. The first-order valence-corrected chi connectivity index (χ1v) is 9.81. The molecular weight excluding hydrogens is 482 g/mol. The number of sulfonamides is 1. The lowest BCUT2D eigenvalue weighted by Crippen LogP contribution is -2.38. The first-order chi connectivity index (χ1) is 12.4. The molecule has 4 N–H and O–H groups in total. The summed E-state index contributed by atoms with van der Waals surface area (Å²) in [7, 11) is -3.67. The number of halogens is 2. The van der Waals surface area contributed by atoms with Crippen LogP contribution in [0.15, 0.2) is 58.4 Å². The summed E-state index contributed by atoms with van der Waals surface area (Å²) in [5.74, 6) is 0.358. The Balaban J connectivity index is 0.00000364. The number of aliphatic imine (C=N–C) groups is 1. The van der Waals surface area contributed by atoms with Crippen LogP contribution in [0, 0.1) is 5.82 Å². The maximum atomic E-state index is 13.2. The van der Waals surface area contributed by atoms with Crippen molar-refractivity contribution in [2.75, 3.05) is 13.1 Å². The lowest BCUT2D eigenvalue weighted by Gasteiger charge is -2.11. The van der Waals surface area contributed by atoms with Gasteiger partial charge in [-0.2, -0.15) is 0 Å². The summed E-state index contributed by atoms with van der Waals surface area (Å²) in [6.45, 7) is 3.66. The van der Waals surface area contributed by atoms with Crippen LogP contribution in [0.5, 0.6) is 0 Å². The zero-order valence-corrected chi connectivity index (χ0v) is 18.1. The van der Waals surface area contributed by atoms with Gasteiger partial charge >= 0.3 is 0 Å². The van der Waals surface area contributed by atoms with Crippen LogP contribution in [0.1, 0.15) is 18.1 Å². The number of nitrogens with zero attached hydrogens (tertiary/aromatic N) is 1. The monoisotopic (exact) mass is 506 g/mol. The molecule has 0 aromatic heterocycles. The van der Waals surface area contributed by atoms with Gasteiger partial charge in [0.1, 0.15) is 5.82 Å². The summed E-state index contributed by atoms with van der Waals surface area (Å²) in [5.41, 5.74) is 1.77. The van der Waals surface area contributed by atoms with Crippen LogP contribution in [0.2, 0.25) is 0 Å². The van der Waals surface area contributed by atoms with Crippen molar-refractivity contribution < 1.29 is 12.8 Å². The van der Waals surface area contributed by atoms with Crippen molar-refractivity contribution in [3.8, 4) is 0 Å². The Morgan fingerprint density at radius 3 is 2.41 bits per heavy atom. The van der Waals surface area contributed by atoms with Gasteiger partial charge in [0, 0.05) is 13.1 Å². The highest BCUT2D eigenvalue weighted by Gasteiger charge is 2.06. The van der Waals surface area contributed by atoms with Gasteiger partial charge in [-0.05, 0) is 48.7 Å². The van der Waals surface area contributed by atoms with Crippen LogP contribution in [-0.2, 0) is 23.0 Å². The Morgan fingerprint density at radius 2 is 1.81 bits per heavy atom. The van der Waals surface area contributed by atoms with Crippen molar-refractivity contribution in [2.45, 2.75) is 24.8 Å². The Bertz CT molecular complexity index is 858. The molecule has 2 rings (SSSR count). The van der Waals surface area contributed by atoms with E-state index in [1.165, 1.54) is 24.3 Å². The molecule has 0 fully saturated rings. The van der Waals surface area contributed by atoms with E-state index >= 15 is 0 Å². The van der Waals surface area contributed by atoms with Gasteiger partial charge in [0.2, 0.25) is 10.0 Å². The number of benzene rings is 2. The van der Waals surface area contributed by atoms with E-state index in [4.69, 9.17) is 5.14 Å². The lowest BCUT2D eigenvalue weighted by molar-refractivity contribution is 0.597. The first-order valence-electron chi connectivity index (χ1n) is 8.27. The van der Waals surface area contributed by atoms with Crippen molar-refractivity contribution >= 4 is 40.0 Å². The van der Waals surface area contributed by atoms with E-state index in [2.05, 4.69) is 15.6 Å². The molecule has 148 valence electrons. The average Bonchev–Trinajstić information content (AvgIpc) is 2.59. The second-order valence-corrected chi connectivity index (χ2v) is 7.25. The Kier molecular flexibility index (Phi) is 9.67. The molecule has 0 aliphatic heterocycles. The fourth-order valence-corrected chi connectivity index (χ4v) is 2.83. The average molecular weight is 506 g/mol. The van der Waals surface area contributed by atoms with E-state index < -0.39 is 10.0 Å². The Labute approximate surface area is 176 Å². The van der Waals surface area contributed by atoms with Crippen molar-refractivity contribution in [2.24, 2.45) is 10.1 Å². The molecule has 0 saturated carbocycles. The van der Waals surface area contributed by atoms with Crippen LogP contribution in [-0.4, -0.2) is 27.5 Å². The molecule has 0 unspecified atom stereocenters. The topological polar surface area (TPSA) is 96.6 Å². The zero-order chi connectivity index (χ0) is 19.0. The molecule has 27 heavy (non-hydrogen) atoms. The number of nitrogens with two attached hydrogens (primary N) is 1. The third-order valence-corrected chi connectivity index (χ3v) is 4.54. The van der Waals surface area contributed by atoms with Gasteiger partial charge in [-0.15, -0.1) is 24.0 Å². The summed E-state index contributed by atoms with van der Waals surface area (Å²) in [6.07, 6.45) is 0.690. The number of rotatable bonds is 7. The van der Waals surface area contributed by atoms with Gasteiger partial charge in [-0.1, -0.05) is 24.3 Å². The molecule has 0 atom stereocenters. The molecular formula is C18H24FIN4O2S. The lowest BCUT2D eigenvalue weighted by atomic mass is 10.1. The Hall–Kier alpha value is -1.72. The van der Waals surface area contributed by atoms with Crippen LogP contribution >= 0.6 is 24.0 Å². The normalized spacial score (nSPS) is 11.6. The maximum Gasteiger partial charge on any atom is 0.238 e. The zero-order valence-electron chi connectivity index (χ0n) is 15.0. The van der Waals surface area contributed by atoms with Crippen LogP contribution in [0.4, 0.5) is 4.39 Å². The molecule has 0 spiro atoms. The molecule has 0 aliphatic carbocycles. The summed E-state index contributed by atoms with van der Waals surface area (Å²) in [5, 5.41) is 11.4. The summed E-state index contributed by atoms with van der Waals surface area (Å²) < 4.78 is 35.7. The predicted molar refractivity (Wildman–Crippen MR) is 116 cm³/mol. The second-order valence-electron chi connectivity index (χ2n) is 5.69. The van der Waals surface area contributed by atoms with Crippen LogP contribution in [0.3, 0.4) is 0 Å². The van der Waals surface area contributed by atoms with Gasteiger partial charge < -0.3 is 10.6 Å². The fourth-order valence-electron chi connectivity index (χ4n) is 2.32. The number of nitrogens with one attached hydrogen (secondary N) is 2. The fraction of sp³-hybridized carbons (Fsp3) is 0.278. The summed E-state index contributed by atoms with van der Waals surface area (Å²) in [6, 6.07) is 12.8. The number of hydrogen-bond donors (Lipinski definition) is 3. The third-order valence-electron chi connectivity index (χ3n) is 3.61. The van der Waals surface area contributed by atoms with Crippen molar-refractivity contribution in [3.05, 3.63) is 65.5 Å². The molecule has 9 heteroatoms. The summed E-state index contributed by atoms with van der Waals surface area (Å²) in [4.78, 5) is 4.53. The second kappa shape index (κ2) is 11.2. The number of hydrogen-bond acceptors (Lipinski definition) is 3. The minimum Gasteiger partial charge on any atom is -0.357 e. The molecule has 0 heterocycles. The minimum absolute atomic E-state index is 0. The van der Waals surface area contributed by atoms with Crippen LogP contribution < -0.4 is 15.8 Å². The van der Waals surface area contributed by atoms with E-state index in [0.29, 0.717) is 32.0 Å². The highest BCUT2D eigenvalue weighted by molar-refractivity contribution is 14.0. The molecule has 0 amide bonds. The van der Waals surface area contributed by atoms with Gasteiger partial charge in [0.15, 0.2) is 5.96 Å². The molecule has 0 aliphatic rings. The van der Waals surface area contributed by atoms with Crippen LogP contribution in [0.25, 0.3) is 0 Å². The Morgan fingerprint density at radius 1 is 1.11 bits per heavy atom. The predicted octanol–water partition coefficient (Wildman–Crippen LogP) is 2.39.